The van der Waals surface area contributed by atoms with E-state index in [2.05, 4.69) is 37.9 Å². The molecule has 0 amide bonds. The van der Waals surface area contributed by atoms with Gasteiger partial charge in [-0.05, 0) is 44.0 Å². The van der Waals surface area contributed by atoms with Crippen molar-refractivity contribution in [1.29, 1.82) is 0 Å². The second-order valence-electron chi connectivity index (χ2n) is 5.45. The predicted molar refractivity (Wildman–Crippen MR) is 82.1 cm³/mol. The standard InChI is InChI=1S/C15H21BrN2O/c1-19-15-6-5-12(16)10-14(15)18-9-3-8-17-7-2-4-13(17)11-18/h5-6,10,13H,2-4,7-9,11H2,1H3. The molecule has 2 saturated heterocycles. The maximum atomic E-state index is 5.53. The molecule has 3 rings (SSSR count). The molecule has 104 valence electrons. The van der Waals surface area contributed by atoms with Crippen molar-refractivity contribution in [1.82, 2.24) is 4.90 Å². The summed E-state index contributed by atoms with van der Waals surface area (Å²) in [5.74, 6) is 0.981. The largest absolute Gasteiger partial charge is 0.495 e. The first-order chi connectivity index (χ1) is 9.28. The summed E-state index contributed by atoms with van der Waals surface area (Å²) in [6, 6.07) is 7.01. The molecule has 1 unspecified atom stereocenters. The zero-order chi connectivity index (χ0) is 13.2. The number of hydrogen-bond donors (Lipinski definition) is 0. The number of rotatable bonds is 2. The van der Waals surface area contributed by atoms with E-state index in [1.807, 2.05) is 6.07 Å². The van der Waals surface area contributed by atoms with E-state index in [4.69, 9.17) is 4.74 Å². The molecule has 19 heavy (non-hydrogen) atoms. The lowest BCUT2D eigenvalue weighted by molar-refractivity contribution is 0.273. The van der Waals surface area contributed by atoms with Gasteiger partial charge in [0.25, 0.3) is 0 Å². The molecule has 3 nitrogen and oxygen atoms in total. The fourth-order valence-electron chi connectivity index (χ4n) is 3.34. The summed E-state index contributed by atoms with van der Waals surface area (Å²) in [6.45, 7) is 4.79. The van der Waals surface area contributed by atoms with E-state index < -0.39 is 0 Å². The van der Waals surface area contributed by atoms with E-state index in [9.17, 15) is 0 Å². The van der Waals surface area contributed by atoms with Gasteiger partial charge < -0.3 is 9.64 Å². The van der Waals surface area contributed by atoms with Gasteiger partial charge in [-0.1, -0.05) is 15.9 Å². The number of ether oxygens (including phenoxy) is 1. The monoisotopic (exact) mass is 324 g/mol. The van der Waals surface area contributed by atoms with Crippen LogP contribution in [0.15, 0.2) is 22.7 Å². The van der Waals surface area contributed by atoms with Crippen LogP contribution in [-0.2, 0) is 0 Å². The summed E-state index contributed by atoms with van der Waals surface area (Å²) in [7, 11) is 1.76. The van der Waals surface area contributed by atoms with Crippen molar-refractivity contribution in [2.75, 3.05) is 38.2 Å². The Labute approximate surface area is 123 Å². The Bertz CT molecular complexity index is 452. The Morgan fingerprint density at radius 2 is 2.05 bits per heavy atom. The quantitative estimate of drug-likeness (QED) is 0.831. The van der Waals surface area contributed by atoms with Crippen LogP contribution in [0.1, 0.15) is 19.3 Å². The van der Waals surface area contributed by atoms with E-state index in [0.29, 0.717) is 0 Å². The van der Waals surface area contributed by atoms with E-state index in [0.717, 1.165) is 29.4 Å². The second-order valence-corrected chi connectivity index (χ2v) is 6.36. The fourth-order valence-corrected chi connectivity index (χ4v) is 3.68. The van der Waals surface area contributed by atoms with Crippen LogP contribution in [0.4, 0.5) is 5.69 Å². The summed E-state index contributed by atoms with van der Waals surface area (Å²) in [4.78, 5) is 5.16. The Balaban J connectivity index is 1.86. The molecule has 1 atom stereocenters. The van der Waals surface area contributed by atoms with Crippen molar-refractivity contribution in [3.8, 4) is 5.75 Å². The van der Waals surface area contributed by atoms with Crippen LogP contribution in [0.3, 0.4) is 0 Å². The molecule has 0 saturated carbocycles. The van der Waals surface area contributed by atoms with Gasteiger partial charge in [0.2, 0.25) is 0 Å². The zero-order valence-electron chi connectivity index (χ0n) is 11.4. The summed E-state index contributed by atoms with van der Waals surface area (Å²) in [5, 5.41) is 0. The summed E-state index contributed by atoms with van der Waals surface area (Å²) in [5.41, 5.74) is 1.23. The summed E-state index contributed by atoms with van der Waals surface area (Å²) in [6.07, 6.45) is 3.94. The predicted octanol–water partition coefficient (Wildman–Crippen LogP) is 3.13. The topological polar surface area (TPSA) is 15.7 Å². The van der Waals surface area contributed by atoms with Crippen molar-refractivity contribution in [3.63, 3.8) is 0 Å². The number of hydrogen-bond acceptors (Lipinski definition) is 3. The van der Waals surface area contributed by atoms with E-state index in [1.54, 1.807) is 7.11 Å². The van der Waals surface area contributed by atoms with Crippen molar-refractivity contribution in [2.24, 2.45) is 0 Å². The first-order valence-corrected chi connectivity index (χ1v) is 7.90. The number of halogens is 1. The highest BCUT2D eigenvalue weighted by Crippen LogP contribution is 2.33. The lowest BCUT2D eigenvalue weighted by atomic mass is 10.2. The van der Waals surface area contributed by atoms with Crippen LogP contribution in [0.2, 0.25) is 0 Å². The molecule has 2 fully saturated rings. The number of benzene rings is 1. The van der Waals surface area contributed by atoms with E-state index in [-0.39, 0.29) is 0 Å². The third kappa shape index (κ3) is 2.75. The molecule has 2 aliphatic heterocycles. The molecule has 1 aromatic carbocycles. The normalized spacial score (nSPS) is 24.1. The van der Waals surface area contributed by atoms with Crippen molar-refractivity contribution < 1.29 is 4.74 Å². The fraction of sp³-hybridized carbons (Fsp3) is 0.600. The minimum absolute atomic E-state index is 0.728. The maximum absolute atomic E-state index is 5.53. The summed E-state index contributed by atoms with van der Waals surface area (Å²) < 4.78 is 6.65. The lowest BCUT2D eigenvalue weighted by Gasteiger charge is -2.28. The molecule has 0 N–H and O–H groups in total. The molecule has 0 bridgehead atoms. The molecule has 1 aromatic rings. The van der Waals surface area contributed by atoms with Crippen LogP contribution >= 0.6 is 15.9 Å². The van der Waals surface area contributed by atoms with Gasteiger partial charge in [-0.3, -0.25) is 4.90 Å². The van der Waals surface area contributed by atoms with Crippen LogP contribution < -0.4 is 9.64 Å². The van der Waals surface area contributed by atoms with Gasteiger partial charge in [-0.15, -0.1) is 0 Å². The molecule has 2 heterocycles. The first-order valence-electron chi connectivity index (χ1n) is 7.10. The minimum Gasteiger partial charge on any atom is -0.495 e. The Kier molecular flexibility index (Phi) is 3.99. The molecule has 0 aliphatic carbocycles. The van der Waals surface area contributed by atoms with Crippen molar-refractivity contribution in [2.45, 2.75) is 25.3 Å². The third-order valence-electron chi connectivity index (χ3n) is 4.29. The Morgan fingerprint density at radius 1 is 1.21 bits per heavy atom. The third-order valence-corrected chi connectivity index (χ3v) is 4.78. The molecule has 0 spiro atoms. The van der Waals surface area contributed by atoms with Crippen LogP contribution in [0, 0.1) is 0 Å². The summed E-state index contributed by atoms with van der Waals surface area (Å²) >= 11 is 3.58. The highest BCUT2D eigenvalue weighted by molar-refractivity contribution is 9.10. The van der Waals surface area contributed by atoms with Crippen LogP contribution in [0.25, 0.3) is 0 Å². The Morgan fingerprint density at radius 3 is 2.89 bits per heavy atom. The SMILES string of the molecule is COc1ccc(Br)cc1N1CCCN2CCCC2C1. The van der Waals surface area contributed by atoms with Gasteiger partial charge in [0, 0.05) is 30.1 Å². The van der Waals surface area contributed by atoms with Gasteiger partial charge in [0.05, 0.1) is 12.8 Å². The zero-order valence-corrected chi connectivity index (χ0v) is 13.0. The highest BCUT2D eigenvalue weighted by Gasteiger charge is 2.29. The van der Waals surface area contributed by atoms with Crippen LogP contribution in [-0.4, -0.2) is 44.2 Å². The number of anilines is 1. The van der Waals surface area contributed by atoms with Crippen molar-refractivity contribution in [3.05, 3.63) is 22.7 Å². The average molecular weight is 325 g/mol. The van der Waals surface area contributed by atoms with E-state index in [1.165, 1.54) is 38.0 Å². The average Bonchev–Trinajstić information content (AvgIpc) is 2.76. The first kappa shape index (κ1) is 13.3. The smallest absolute Gasteiger partial charge is 0.142 e. The molecular formula is C15H21BrN2O. The number of nitrogens with zero attached hydrogens (tertiary/aromatic N) is 2. The lowest BCUT2D eigenvalue weighted by Crippen LogP contribution is -2.36. The van der Waals surface area contributed by atoms with Gasteiger partial charge >= 0.3 is 0 Å². The van der Waals surface area contributed by atoms with Crippen molar-refractivity contribution >= 4 is 21.6 Å². The molecule has 0 radical (unpaired) electrons. The molecule has 4 heteroatoms. The maximum Gasteiger partial charge on any atom is 0.142 e. The number of methoxy groups -OCH3 is 1. The van der Waals surface area contributed by atoms with Gasteiger partial charge in [-0.25, -0.2) is 0 Å². The van der Waals surface area contributed by atoms with Crippen LogP contribution in [0.5, 0.6) is 5.75 Å². The van der Waals surface area contributed by atoms with Gasteiger partial charge in [0.15, 0.2) is 0 Å². The highest BCUT2D eigenvalue weighted by atomic mass is 79.9. The molecule has 2 aliphatic rings. The molecule has 0 aromatic heterocycles. The van der Waals surface area contributed by atoms with Gasteiger partial charge in [-0.2, -0.15) is 0 Å². The minimum atomic E-state index is 0.728. The molecular weight excluding hydrogens is 304 g/mol. The number of fused-ring (bicyclic) bond motifs is 1. The second kappa shape index (κ2) is 5.71. The van der Waals surface area contributed by atoms with E-state index >= 15 is 0 Å². The van der Waals surface area contributed by atoms with Gasteiger partial charge in [0.1, 0.15) is 5.75 Å². The Hall–Kier alpha value is -0.740.